The molecule has 0 aliphatic heterocycles. The van der Waals surface area contributed by atoms with Gasteiger partial charge >= 0.3 is 0 Å². The summed E-state index contributed by atoms with van der Waals surface area (Å²) in [7, 11) is 0. The van der Waals surface area contributed by atoms with Gasteiger partial charge in [0.1, 0.15) is 0 Å². The Bertz CT molecular complexity index is 1370. The second kappa shape index (κ2) is 9.01. The number of amides is 1. The lowest BCUT2D eigenvalue weighted by Crippen LogP contribution is -2.23. The van der Waals surface area contributed by atoms with Gasteiger partial charge in [0.05, 0.1) is 22.3 Å². The van der Waals surface area contributed by atoms with Crippen LogP contribution in [0.5, 0.6) is 0 Å². The van der Waals surface area contributed by atoms with Crippen molar-refractivity contribution in [2.24, 2.45) is 0 Å². The fourth-order valence-corrected chi connectivity index (χ4v) is 4.60. The van der Waals surface area contributed by atoms with Crippen molar-refractivity contribution in [3.8, 4) is 5.69 Å². The molecule has 4 aromatic rings. The molecule has 0 aliphatic rings. The molecule has 0 aliphatic carbocycles. The van der Waals surface area contributed by atoms with Crippen molar-refractivity contribution in [2.75, 3.05) is 11.1 Å². The zero-order valence-electron chi connectivity index (χ0n) is 18.6. The lowest BCUT2D eigenvalue weighted by molar-refractivity contribution is -0.113. The van der Waals surface area contributed by atoms with Gasteiger partial charge in [-0.05, 0) is 74.7 Å². The van der Waals surface area contributed by atoms with Gasteiger partial charge in [0.25, 0.3) is 5.56 Å². The van der Waals surface area contributed by atoms with Crippen LogP contribution in [0.1, 0.15) is 22.3 Å². The van der Waals surface area contributed by atoms with Gasteiger partial charge in [-0.3, -0.25) is 14.2 Å². The molecule has 6 heteroatoms. The smallest absolute Gasteiger partial charge is 0.266 e. The van der Waals surface area contributed by atoms with Crippen LogP contribution in [0.25, 0.3) is 16.6 Å². The molecule has 1 amide bonds. The minimum atomic E-state index is -0.142. The lowest BCUT2D eigenvalue weighted by atomic mass is 10.1. The number of para-hydroxylation sites is 1. The molecule has 0 spiro atoms. The molecule has 4 rings (SSSR count). The summed E-state index contributed by atoms with van der Waals surface area (Å²) in [5.74, 6) is -0.000523. The minimum absolute atomic E-state index is 0.141. The molecule has 3 aromatic carbocycles. The molecule has 0 saturated heterocycles. The molecular formula is C26H25N3O2S. The van der Waals surface area contributed by atoms with E-state index in [9.17, 15) is 9.59 Å². The van der Waals surface area contributed by atoms with Crippen molar-refractivity contribution in [1.82, 2.24) is 9.55 Å². The number of hydrogen-bond donors (Lipinski definition) is 1. The average Bonchev–Trinajstić information content (AvgIpc) is 2.73. The van der Waals surface area contributed by atoms with Gasteiger partial charge in [-0.15, -0.1) is 0 Å². The number of rotatable bonds is 5. The number of carbonyl (C=O) groups excluding carboxylic acids is 1. The van der Waals surface area contributed by atoms with Crippen LogP contribution in [0.2, 0.25) is 0 Å². The Kier molecular flexibility index (Phi) is 6.15. The predicted molar refractivity (Wildman–Crippen MR) is 132 cm³/mol. The number of nitrogens with one attached hydrogen (secondary N) is 1. The van der Waals surface area contributed by atoms with E-state index in [2.05, 4.69) is 11.4 Å². The summed E-state index contributed by atoms with van der Waals surface area (Å²) in [6.45, 7) is 7.99. The monoisotopic (exact) mass is 443 g/mol. The highest BCUT2D eigenvalue weighted by Crippen LogP contribution is 2.23. The number of aryl methyl sites for hydroxylation is 4. The maximum absolute atomic E-state index is 13.4. The van der Waals surface area contributed by atoms with Crippen molar-refractivity contribution in [3.63, 3.8) is 0 Å². The Morgan fingerprint density at radius 2 is 1.66 bits per heavy atom. The van der Waals surface area contributed by atoms with Gasteiger partial charge in [0.15, 0.2) is 5.16 Å². The number of aromatic nitrogens is 2. The second-order valence-electron chi connectivity index (χ2n) is 8.05. The van der Waals surface area contributed by atoms with Crippen LogP contribution in [0, 0.1) is 27.7 Å². The number of carbonyl (C=O) groups is 1. The Balaban J connectivity index is 1.69. The number of benzene rings is 3. The maximum Gasteiger partial charge on any atom is 0.266 e. The van der Waals surface area contributed by atoms with E-state index in [0.717, 1.165) is 33.6 Å². The first-order valence-electron chi connectivity index (χ1n) is 10.4. The van der Waals surface area contributed by atoms with E-state index in [1.807, 2.05) is 76.2 Å². The van der Waals surface area contributed by atoms with Gasteiger partial charge in [0, 0.05) is 5.69 Å². The molecule has 0 unspecified atom stereocenters. The molecule has 32 heavy (non-hydrogen) atoms. The molecule has 5 nitrogen and oxygen atoms in total. The van der Waals surface area contributed by atoms with E-state index in [4.69, 9.17) is 4.98 Å². The molecule has 0 fully saturated rings. The largest absolute Gasteiger partial charge is 0.325 e. The van der Waals surface area contributed by atoms with Gasteiger partial charge in [-0.1, -0.05) is 47.7 Å². The quantitative estimate of drug-likeness (QED) is 0.334. The van der Waals surface area contributed by atoms with Gasteiger partial charge in [-0.2, -0.15) is 0 Å². The van der Waals surface area contributed by atoms with E-state index >= 15 is 0 Å². The topological polar surface area (TPSA) is 64.0 Å². The van der Waals surface area contributed by atoms with E-state index in [1.54, 1.807) is 10.6 Å². The molecule has 1 aromatic heterocycles. The number of anilines is 1. The molecule has 1 heterocycles. The third-order valence-corrected chi connectivity index (χ3v) is 6.14. The summed E-state index contributed by atoms with van der Waals surface area (Å²) in [6.07, 6.45) is 0. The first-order valence-corrected chi connectivity index (χ1v) is 11.4. The third kappa shape index (κ3) is 4.60. The molecule has 0 saturated carbocycles. The van der Waals surface area contributed by atoms with Crippen LogP contribution >= 0.6 is 11.8 Å². The molecule has 162 valence electrons. The summed E-state index contributed by atoms with van der Waals surface area (Å²) in [6, 6.07) is 19.2. The summed E-state index contributed by atoms with van der Waals surface area (Å²) >= 11 is 1.26. The molecule has 1 N–H and O–H groups in total. The van der Waals surface area contributed by atoms with Crippen LogP contribution in [-0.2, 0) is 4.79 Å². The van der Waals surface area contributed by atoms with Gasteiger partial charge < -0.3 is 5.32 Å². The lowest BCUT2D eigenvalue weighted by Gasteiger charge is -2.15. The standard InChI is InChI=1S/C26H25N3O2S/c1-16-9-10-22(19(4)12-16)27-24(30)15-32-26-28-23-8-6-5-7-21(23)25(31)29(26)20-13-17(2)11-18(3)14-20/h5-14H,15H2,1-4H3,(H,27,30). The number of fused-ring (bicyclic) bond motifs is 1. The van der Waals surface area contributed by atoms with Crippen LogP contribution in [0.15, 0.2) is 70.6 Å². The summed E-state index contributed by atoms with van der Waals surface area (Å²) in [4.78, 5) is 30.8. The maximum atomic E-state index is 13.4. The summed E-state index contributed by atoms with van der Waals surface area (Å²) in [5, 5.41) is 4.01. The first-order chi connectivity index (χ1) is 15.3. The van der Waals surface area contributed by atoms with E-state index < -0.39 is 0 Å². The number of nitrogens with zero attached hydrogens (tertiary/aromatic N) is 2. The Morgan fingerprint density at radius 3 is 2.38 bits per heavy atom. The van der Waals surface area contributed by atoms with Gasteiger partial charge in [0.2, 0.25) is 5.91 Å². The Labute approximate surface area is 191 Å². The van der Waals surface area contributed by atoms with E-state index in [-0.39, 0.29) is 17.2 Å². The summed E-state index contributed by atoms with van der Waals surface area (Å²) in [5.41, 5.74) is 6.30. The normalized spacial score (nSPS) is 11.0. The minimum Gasteiger partial charge on any atom is -0.325 e. The van der Waals surface area contributed by atoms with Gasteiger partial charge in [-0.25, -0.2) is 4.98 Å². The second-order valence-corrected chi connectivity index (χ2v) is 9.00. The highest BCUT2D eigenvalue weighted by atomic mass is 32.2. The highest BCUT2D eigenvalue weighted by molar-refractivity contribution is 7.99. The van der Waals surface area contributed by atoms with Crippen molar-refractivity contribution in [3.05, 3.63) is 93.3 Å². The molecule has 0 bridgehead atoms. The molecule has 0 radical (unpaired) electrons. The summed E-state index contributed by atoms with van der Waals surface area (Å²) < 4.78 is 1.61. The Hall–Kier alpha value is -3.38. The van der Waals surface area contributed by atoms with Crippen LogP contribution in [0.3, 0.4) is 0 Å². The van der Waals surface area contributed by atoms with Crippen LogP contribution in [0.4, 0.5) is 5.69 Å². The zero-order chi connectivity index (χ0) is 22.8. The van der Waals surface area contributed by atoms with Crippen molar-refractivity contribution >= 4 is 34.3 Å². The first kappa shape index (κ1) is 21.8. The predicted octanol–water partition coefficient (Wildman–Crippen LogP) is 5.35. The zero-order valence-corrected chi connectivity index (χ0v) is 19.4. The van der Waals surface area contributed by atoms with E-state index in [1.165, 1.54) is 11.8 Å². The van der Waals surface area contributed by atoms with Crippen LogP contribution in [-0.4, -0.2) is 21.2 Å². The van der Waals surface area contributed by atoms with Crippen molar-refractivity contribution < 1.29 is 4.79 Å². The fraction of sp³-hybridized carbons (Fsp3) is 0.192. The Morgan fingerprint density at radius 1 is 0.938 bits per heavy atom. The molecule has 0 atom stereocenters. The van der Waals surface area contributed by atoms with Crippen LogP contribution < -0.4 is 10.9 Å². The SMILES string of the molecule is Cc1cc(C)cc(-n2c(SCC(=O)Nc3ccc(C)cc3C)nc3ccccc3c2=O)c1. The molecular weight excluding hydrogens is 418 g/mol. The van der Waals surface area contributed by atoms with Crippen molar-refractivity contribution in [1.29, 1.82) is 0 Å². The number of thioether (sulfide) groups is 1. The third-order valence-electron chi connectivity index (χ3n) is 5.20. The average molecular weight is 444 g/mol. The highest BCUT2D eigenvalue weighted by Gasteiger charge is 2.15. The fourth-order valence-electron chi connectivity index (χ4n) is 3.79. The van der Waals surface area contributed by atoms with Crippen molar-refractivity contribution in [2.45, 2.75) is 32.9 Å². The number of hydrogen-bond acceptors (Lipinski definition) is 4. The van der Waals surface area contributed by atoms with E-state index in [0.29, 0.717) is 16.1 Å².